The Balaban J connectivity index is 2.02. The second kappa shape index (κ2) is 5.50. The van der Waals surface area contributed by atoms with Crippen LogP contribution in [0.25, 0.3) is 0 Å². The summed E-state index contributed by atoms with van der Waals surface area (Å²) in [5.74, 6) is 0.0965. The molecule has 2 rings (SSSR count). The van der Waals surface area contributed by atoms with Gasteiger partial charge in [-0.05, 0) is 25.0 Å². The molecule has 1 N–H and O–H groups in total. The first-order valence-corrected chi connectivity index (χ1v) is 6.45. The van der Waals surface area contributed by atoms with Crippen LogP contribution in [0.2, 0.25) is 5.15 Å². The molecule has 1 saturated heterocycles. The first-order chi connectivity index (χ1) is 7.75. The van der Waals surface area contributed by atoms with Crippen LogP contribution in [0.5, 0.6) is 0 Å². The van der Waals surface area contributed by atoms with E-state index in [1.165, 1.54) is 11.8 Å². The van der Waals surface area contributed by atoms with Gasteiger partial charge in [0.1, 0.15) is 5.03 Å². The fraction of sp³-hybridized carbons (Fsp3) is 0.500. The van der Waals surface area contributed by atoms with E-state index in [1.54, 1.807) is 12.1 Å². The summed E-state index contributed by atoms with van der Waals surface area (Å²) >= 11 is 7.10. The molecule has 2 heterocycles. The molecule has 1 aromatic heterocycles. The first kappa shape index (κ1) is 11.7. The molecule has 1 aliphatic heterocycles. The van der Waals surface area contributed by atoms with Gasteiger partial charge in [-0.15, -0.1) is 10.2 Å². The highest BCUT2D eigenvalue weighted by Crippen LogP contribution is 2.26. The van der Waals surface area contributed by atoms with Gasteiger partial charge in [0.25, 0.3) is 0 Å². The van der Waals surface area contributed by atoms with E-state index in [1.807, 2.05) is 0 Å². The van der Waals surface area contributed by atoms with Crippen LogP contribution in [0.4, 0.5) is 0 Å². The molecule has 16 heavy (non-hydrogen) atoms. The Morgan fingerprint density at radius 1 is 1.38 bits per heavy atom. The third kappa shape index (κ3) is 3.09. The van der Waals surface area contributed by atoms with Crippen molar-refractivity contribution in [3.8, 4) is 0 Å². The van der Waals surface area contributed by atoms with Gasteiger partial charge in [-0.1, -0.05) is 29.8 Å². The number of rotatable bonds is 2. The molecule has 0 unspecified atom stereocenters. The number of nitrogens with one attached hydrogen (secondary N) is 1. The number of aromatic nitrogens is 2. The topological polar surface area (TPSA) is 54.9 Å². The van der Waals surface area contributed by atoms with Gasteiger partial charge in [0.2, 0.25) is 5.91 Å². The van der Waals surface area contributed by atoms with Crippen molar-refractivity contribution in [1.82, 2.24) is 15.5 Å². The summed E-state index contributed by atoms with van der Waals surface area (Å²) in [6.07, 6.45) is 3.01. The highest BCUT2D eigenvalue weighted by molar-refractivity contribution is 8.00. The third-order valence-corrected chi connectivity index (χ3v) is 3.75. The fourth-order valence-corrected chi connectivity index (χ4v) is 2.64. The van der Waals surface area contributed by atoms with Gasteiger partial charge < -0.3 is 5.32 Å². The molecule has 0 radical (unpaired) electrons. The van der Waals surface area contributed by atoms with E-state index in [9.17, 15) is 4.79 Å². The zero-order chi connectivity index (χ0) is 11.4. The monoisotopic (exact) mass is 257 g/mol. The number of amides is 1. The zero-order valence-corrected chi connectivity index (χ0v) is 10.2. The molecule has 0 aliphatic carbocycles. The Labute approximate surface area is 103 Å². The molecule has 0 saturated carbocycles. The van der Waals surface area contributed by atoms with Crippen LogP contribution >= 0.6 is 23.4 Å². The summed E-state index contributed by atoms with van der Waals surface area (Å²) in [6, 6.07) is 3.48. The molecule has 0 aromatic carbocycles. The molecule has 6 heteroatoms. The van der Waals surface area contributed by atoms with E-state index in [2.05, 4.69) is 15.5 Å². The Morgan fingerprint density at radius 2 is 2.25 bits per heavy atom. The van der Waals surface area contributed by atoms with E-state index in [0.717, 1.165) is 30.8 Å². The van der Waals surface area contributed by atoms with E-state index in [0.29, 0.717) is 5.15 Å². The van der Waals surface area contributed by atoms with Crippen LogP contribution in [-0.4, -0.2) is 27.9 Å². The van der Waals surface area contributed by atoms with E-state index in [4.69, 9.17) is 11.6 Å². The maximum absolute atomic E-state index is 11.7. The normalized spacial score (nSPS) is 21.3. The van der Waals surface area contributed by atoms with Crippen LogP contribution in [0.3, 0.4) is 0 Å². The van der Waals surface area contributed by atoms with Crippen LogP contribution in [0.15, 0.2) is 17.2 Å². The lowest BCUT2D eigenvalue weighted by Gasteiger charge is -2.11. The Hall–Kier alpha value is -0.810. The minimum absolute atomic E-state index is 0.0574. The second-order valence-electron chi connectivity index (χ2n) is 3.59. The van der Waals surface area contributed by atoms with Crippen molar-refractivity contribution in [3.63, 3.8) is 0 Å². The highest BCUT2D eigenvalue weighted by Gasteiger charge is 2.22. The van der Waals surface area contributed by atoms with Gasteiger partial charge in [0.15, 0.2) is 5.15 Å². The Bertz CT molecular complexity index is 371. The van der Waals surface area contributed by atoms with Crippen molar-refractivity contribution in [1.29, 1.82) is 0 Å². The van der Waals surface area contributed by atoms with E-state index >= 15 is 0 Å². The molecule has 1 aromatic rings. The Morgan fingerprint density at radius 3 is 3.00 bits per heavy atom. The summed E-state index contributed by atoms with van der Waals surface area (Å²) in [5.41, 5.74) is 0. The maximum Gasteiger partial charge on any atom is 0.233 e. The number of carbonyl (C=O) groups excluding carboxylic acids is 1. The van der Waals surface area contributed by atoms with E-state index < -0.39 is 0 Å². The van der Waals surface area contributed by atoms with Crippen molar-refractivity contribution in [2.45, 2.75) is 29.5 Å². The molecule has 0 spiro atoms. The molecule has 4 nitrogen and oxygen atoms in total. The highest BCUT2D eigenvalue weighted by atomic mass is 35.5. The lowest BCUT2D eigenvalue weighted by molar-refractivity contribution is -0.120. The van der Waals surface area contributed by atoms with Gasteiger partial charge >= 0.3 is 0 Å². The maximum atomic E-state index is 11.7. The summed E-state index contributed by atoms with van der Waals surface area (Å²) in [7, 11) is 0. The van der Waals surface area contributed by atoms with Gasteiger partial charge in [0.05, 0.1) is 5.25 Å². The molecular formula is C10H12ClN3OS. The minimum Gasteiger partial charge on any atom is -0.355 e. The van der Waals surface area contributed by atoms with Crippen LogP contribution < -0.4 is 5.32 Å². The zero-order valence-electron chi connectivity index (χ0n) is 8.65. The van der Waals surface area contributed by atoms with Crippen LogP contribution in [-0.2, 0) is 4.79 Å². The predicted octanol–water partition coefficient (Wildman–Crippen LogP) is 1.89. The molecule has 1 amide bonds. The summed E-state index contributed by atoms with van der Waals surface area (Å²) in [4.78, 5) is 11.7. The SMILES string of the molecule is O=C1NCCCC[C@@H]1Sc1ccc(Cl)nn1. The van der Waals surface area contributed by atoms with Crippen molar-refractivity contribution in [2.75, 3.05) is 6.54 Å². The van der Waals surface area contributed by atoms with Gasteiger partial charge in [-0.3, -0.25) is 4.79 Å². The number of hydrogen-bond acceptors (Lipinski definition) is 4. The van der Waals surface area contributed by atoms with Crippen molar-refractivity contribution >= 4 is 29.3 Å². The van der Waals surface area contributed by atoms with Crippen LogP contribution in [0, 0.1) is 0 Å². The van der Waals surface area contributed by atoms with Gasteiger partial charge in [-0.2, -0.15) is 0 Å². The number of halogens is 1. The average molecular weight is 258 g/mol. The third-order valence-electron chi connectivity index (χ3n) is 2.36. The minimum atomic E-state index is -0.0574. The first-order valence-electron chi connectivity index (χ1n) is 5.19. The molecule has 86 valence electrons. The lowest BCUT2D eigenvalue weighted by Crippen LogP contribution is -2.30. The summed E-state index contributed by atoms with van der Waals surface area (Å²) < 4.78 is 0. The Kier molecular flexibility index (Phi) is 4.01. The smallest absolute Gasteiger partial charge is 0.233 e. The standard InChI is InChI=1S/C10H12ClN3OS/c11-8-4-5-9(14-13-8)16-7-3-1-2-6-12-10(7)15/h4-5,7H,1-3,6H2,(H,12,15)/t7-/m0/s1. The quantitative estimate of drug-likeness (QED) is 0.879. The lowest BCUT2D eigenvalue weighted by atomic mass is 10.2. The molecule has 1 atom stereocenters. The summed E-state index contributed by atoms with van der Waals surface area (Å²) in [5, 5.41) is 11.6. The van der Waals surface area contributed by atoms with Gasteiger partial charge in [0, 0.05) is 6.54 Å². The largest absolute Gasteiger partial charge is 0.355 e. The van der Waals surface area contributed by atoms with Crippen molar-refractivity contribution in [3.05, 3.63) is 17.3 Å². The predicted molar refractivity (Wildman–Crippen MR) is 63.5 cm³/mol. The number of nitrogens with zero attached hydrogens (tertiary/aromatic N) is 2. The van der Waals surface area contributed by atoms with Gasteiger partial charge in [-0.25, -0.2) is 0 Å². The van der Waals surface area contributed by atoms with Crippen molar-refractivity contribution < 1.29 is 4.79 Å². The van der Waals surface area contributed by atoms with Crippen molar-refractivity contribution in [2.24, 2.45) is 0 Å². The number of hydrogen-bond donors (Lipinski definition) is 1. The number of thioether (sulfide) groups is 1. The molecular weight excluding hydrogens is 246 g/mol. The number of carbonyl (C=O) groups is 1. The van der Waals surface area contributed by atoms with E-state index in [-0.39, 0.29) is 11.2 Å². The summed E-state index contributed by atoms with van der Waals surface area (Å²) in [6.45, 7) is 0.780. The van der Waals surface area contributed by atoms with Crippen LogP contribution in [0.1, 0.15) is 19.3 Å². The second-order valence-corrected chi connectivity index (χ2v) is 5.20. The average Bonchev–Trinajstić information content (AvgIpc) is 2.48. The molecule has 0 bridgehead atoms. The molecule has 1 aliphatic rings. The molecule has 1 fully saturated rings. The fourth-order valence-electron chi connectivity index (χ4n) is 1.54.